The molecule has 1 fully saturated rings. The van der Waals surface area contributed by atoms with E-state index in [1.54, 1.807) is 11.0 Å². The number of halogens is 1. The molecule has 1 aliphatic heterocycles. The molecule has 1 aromatic carbocycles. The summed E-state index contributed by atoms with van der Waals surface area (Å²) in [5.74, 6) is 1.40. The predicted octanol–water partition coefficient (Wildman–Crippen LogP) is 2.38. The molecule has 1 unspecified atom stereocenters. The average Bonchev–Trinajstić information content (AvgIpc) is 3.43. The van der Waals surface area contributed by atoms with Gasteiger partial charge in [0.05, 0.1) is 25.4 Å². The van der Waals surface area contributed by atoms with E-state index in [9.17, 15) is 0 Å². The van der Waals surface area contributed by atoms with E-state index in [0.29, 0.717) is 12.5 Å². The molecule has 2 aromatic rings. The van der Waals surface area contributed by atoms with E-state index in [4.69, 9.17) is 9.47 Å². The molecule has 1 saturated heterocycles. The Bertz CT molecular complexity index is 702. The molecular formula is C20H31IN6O2. The van der Waals surface area contributed by atoms with Crippen molar-refractivity contribution in [1.82, 2.24) is 25.4 Å². The van der Waals surface area contributed by atoms with Gasteiger partial charge in [-0.15, -0.1) is 24.0 Å². The normalized spacial score (nSPS) is 16.4. The standard InChI is InChI=1S/C20H30N6O2.HI/c1-2-22-20(23-9-3-10-27-13-18-8-11-28-14-18)24-12-17-4-6-19(7-5-17)26-16-21-15-25-26;/h4-7,15-16,18H,2-3,8-14H2,1H3,(H2,22,23,24);1H. The van der Waals surface area contributed by atoms with Gasteiger partial charge in [0.25, 0.3) is 0 Å². The molecule has 0 aliphatic carbocycles. The Morgan fingerprint density at radius 2 is 2.17 bits per heavy atom. The van der Waals surface area contributed by atoms with Gasteiger partial charge in [0.15, 0.2) is 5.96 Å². The van der Waals surface area contributed by atoms with E-state index >= 15 is 0 Å². The van der Waals surface area contributed by atoms with Crippen LogP contribution in [0.5, 0.6) is 0 Å². The average molecular weight is 514 g/mol. The Labute approximate surface area is 189 Å². The van der Waals surface area contributed by atoms with Crippen molar-refractivity contribution in [2.45, 2.75) is 26.3 Å². The van der Waals surface area contributed by atoms with Crippen molar-refractivity contribution >= 4 is 29.9 Å². The fraction of sp³-hybridized carbons (Fsp3) is 0.550. The van der Waals surface area contributed by atoms with Gasteiger partial charge in [-0.25, -0.2) is 14.7 Å². The summed E-state index contributed by atoms with van der Waals surface area (Å²) in [6, 6.07) is 8.16. The van der Waals surface area contributed by atoms with E-state index in [0.717, 1.165) is 69.6 Å². The molecular weight excluding hydrogens is 483 g/mol. The maximum atomic E-state index is 5.74. The molecule has 3 rings (SSSR count). The van der Waals surface area contributed by atoms with Crippen LogP contribution in [0.3, 0.4) is 0 Å². The number of hydrogen-bond acceptors (Lipinski definition) is 5. The van der Waals surface area contributed by atoms with Crippen LogP contribution in [-0.4, -0.2) is 60.2 Å². The number of nitrogens with zero attached hydrogens (tertiary/aromatic N) is 4. The topological polar surface area (TPSA) is 85.6 Å². The predicted molar refractivity (Wildman–Crippen MR) is 124 cm³/mol. The Morgan fingerprint density at radius 1 is 1.31 bits per heavy atom. The highest BCUT2D eigenvalue weighted by Crippen LogP contribution is 2.12. The zero-order valence-electron chi connectivity index (χ0n) is 16.9. The number of aliphatic imine (C=N–C) groups is 1. The number of ether oxygens (including phenoxy) is 2. The maximum Gasteiger partial charge on any atom is 0.191 e. The number of nitrogens with one attached hydrogen (secondary N) is 2. The van der Waals surface area contributed by atoms with Crippen molar-refractivity contribution in [2.24, 2.45) is 10.9 Å². The minimum absolute atomic E-state index is 0. The quantitative estimate of drug-likeness (QED) is 0.219. The SMILES string of the molecule is CCNC(=NCc1ccc(-n2cncn2)cc1)NCCCOCC1CCOC1.I. The summed E-state index contributed by atoms with van der Waals surface area (Å²) in [5, 5.41) is 10.8. The lowest BCUT2D eigenvalue weighted by atomic mass is 10.1. The van der Waals surface area contributed by atoms with Crippen LogP contribution in [0.1, 0.15) is 25.3 Å². The van der Waals surface area contributed by atoms with Gasteiger partial charge in [0.2, 0.25) is 0 Å². The van der Waals surface area contributed by atoms with E-state index in [2.05, 4.69) is 44.8 Å². The highest BCUT2D eigenvalue weighted by molar-refractivity contribution is 14.0. The Kier molecular flexibility index (Phi) is 11.0. The van der Waals surface area contributed by atoms with Crippen LogP contribution < -0.4 is 10.6 Å². The number of rotatable bonds is 10. The molecule has 1 aliphatic rings. The molecule has 0 radical (unpaired) electrons. The van der Waals surface area contributed by atoms with Crippen LogP contribution in [0.2, 0.25) is 0 Å². The molecule has 2 N–H and O–H groups in total. The monoisotopic (exact) mass is 514 g/mol. The highest BCUT2D eigenvalue weighted by atomic mass is 127. The van der Waals surface area contributed by atoms with Crippen molar-refractivity contribution in [2.75, 3.05) is 39.5 Å². The second-order valence-corrected chi connectivity index (χ2v) is 6.79. The van der Waals surface area contributed by atoms with E-state index in [1.165, 1.54) is 6.33 Å². The Morgan fingerprint density at radius 3 is 2.86 bits per heavy atom. The fourth-order valence-corrected chi connectivity index (χ4v) is 2.95. The molecule has 160 valence electrons. The van der Waals surface area contributed by atoms with Crippen LogP contribution in [0, 0.1) is 5.92 Å². The van der Waals surface area contributed by atoms with Crippen LogP contribution >= 0.6 is 24.0 Å². The molecule has 0 spiro atoms. The molecule has 1 aromatic heterocycles. The van der Waals surface area contributed by atoms with Gasteiger partial charge < -0.3 is 20.1 Å². The molecule has 9 heteroatoms. The van der Waals surface area contributed by atoms with Crippen molar-refractivity contribution in [3.05, 3.63) is 42.5 Å². The van der Waals surface area contributed by atoms with E-state index < -0.39 is 0 Å². The Balaban J connectivity index is 0.00000300. The molecule has 0 saturated carbocycles. The number of benzene rings is 1. The van der Waals surface area contributed by atoms with Gasteiger partial charge in [-0.1, -0.05) is 12.1 Å². The minimum Gasteiger partial charge on any atom is -0.381 e. The van der Waals surface area contributed by atoms with Gasteiger partial charge >= 0.3 is 0 Å². The third-order valence-electron chi connectivity index (χ3n) is 4.52. The maximum absolute atomic E-state index is 5.74. The molecule has 29 heavy (non-hydrogen) atoms. The second-order valence-electron chi connectivity index (χ2n) is 6.79. The lowest BCUT2D eigenvalue weighted by Gasteiger charge is -2.12. The van der Waals surface area contributed by atoms with Crippen LogP contribution in [0.4, 0.5) is 0 Å². The number of guanidine groups is 1. The minimum atomic E-state index is 0. The fourth-order valence-electron chi connectivity index (χ4n) is 2.95. The Hall–Kier alpha value is -1.72. The third-order valence-corrected chi connectivity index (χ3v) is 4.52. The highest BCUT2D eigenvalue weighted by Gasteiger charge is 2.15. The molecule has 0 bridgehead atoms. The van der Waals surface area contributed by atoms with Crippen LogP contribution in [0.25, 0.3) is 5.69 Å². The van der Waals surface area contributed by atoms with Gasteiger partial charge in [0.1, 0.15) is 12.7 Å². The number of aromatic nitrogens is 3. The van der Waals surface area contributed by atoms with Crippen molar-refractivity contribution < 1.29 is 9.47 Å². The smallest absolute Gasteiger partial charge is 0.191 e. The largest absolute Gasteiger partial charge is 0.381 e. The zero-order valence-corrected chi connectivity index (χ0v) is 19.2. The van der Waals surface area contributed by atoms with Crippen LogP contribution in [0.15, 0.2) is 41.9 Å². The number of hydrogen-bond donors (Lipinski definition) is 2. The summed E-state index contributed by atoms with van der Waals surface area (Å²) >= 11 is 0. The molecule has 1 atom stereocenters. The zero-order chi connectivity index (χ0) is 19.4. The first kappa shape index (κ1) is 23.6. The first-order valence-corrected chi connectivity index (χ1v) is 9.96. The van der Waals surface area contributed by atoms with E-state index in [1.807, 2.05) is 12.1 Å². The first-order chi connectivity index (χ1) is 13.8. The summed E-state index contributed by atoms with van der Waals surface area (Å²) in [5.41, 5.74) is 2.13. The molecule has 2 heterocycles. The lowest BCUT2D eigenvalue weighted by molar-refractivity contribution is 0.0888. The van der Waals surface area contributed by atoms with Crippen molar-refractivity contribution in [3.8, 4) is 5.69 Å². The lowest BCUT2D eigenvalue weighted by Crippen LogP contribution is -2.38. The summed E-state index contributed by atoms with van der Waals surface area (Å²) in [6.45, 7) is 7.62. The third kappa shape index (κ3) is 8.27. The van der Waals surface area contributed by atoms with Gasteiger partial charge in [0, 0.05) is 32.2 Å². The van der Waals surface area contributed by atoms with Crippen molar-refractivity contribution in [3.63, 3.8) is 0 Å². The second kappa shape index (κ2) is 13.5. The van der Waals surface area contributed by atoms with Gasteiger partial charge in [-0.2, -0.15) is 5.10 Å². The summed E-state index contributed by atoms with van der Waals surface area (Å²) in [7, 11) is 0. The first-order valence-electron chi connectivity index (χ1n) is 9.96. The van der Waals surface area contributed by atoms with Crippen LogP contribution in [-0.2, 0) is 16.0 Å². The van der Waals surface area contributed by atoms with Crippen molar-refractivity contribution in [1.29, 1.82) is 0 Å². The summed E-state index contributed by atoms with van der Waals surface area (Å²) < 4.78 is 12.8. The molecule has 8 nitrogen and oxygen atoms in total. The summed E-state index contributed by atoms with van der Waals surface area (Å²) in [6.07, 6.45) is 5.28. The summed E-state index contributed by atoms with van der Waals surface area (Å²) in [4.78, 5) is 8.63. The molecule has 0 amide bonds. The van der Waals surface area contributed by atoms with Gasteiger partial charge in [-0.05, 0) is 37.5 Å². The van der Waals surface area contributed by atoms with E-state index in [-0.39, 0.29) is 24.0 Å². The van der Waals surface area contributed by atoms with Gasteiger partial charge in [-0.3, -0.25) is 0 Å².